The molecular formula is C49H73N7O10S. The smallest absolute Gasteiger partial charge is 0.309 e. The Hall–Kier alpha value is -5.22. The quantitative estimate of drug-likeness (QED) is 0.0307. The number of ketones is 1. The third kappa shape index (κ3) is 17.7. The van der Waals surface area contributed by atoms with Crippen LogP contribution in [-0.2, 0) is 44.8 Å². The Labute approximate surface area is 400 Å². The number of hydroxylamine groups is 2. The number of nitrogens with zero attached hydrogens (tertiary/aromatic N) is 3. The van der Waals surface area contributed by atoms with Gasteiger partial charge in [-0.05, 0) is 102 Å². The molecule has 2 heterocycles. The number of aromatic nitrogens is 1. The van der Waals surface area contributed by atoms with Gasteiger partial charge >= 0.3 is 11.9 Å². The number of thiazole rings is 1. The number of carbonyl (C=O) groups is 7. The van der Waals surface area contributed by atoms with Gasteiger partial charge < -0.3 is 36.3 Å². The molecule has 6 N–H and O–H groups in total. The van der Waals surface area contributed by atoms with Crippen LogP contribution in [0.1, 0.15) is 147 Å². The van der Waals surface area contributed by atoms with Gasteiger partial charge in [0.05, 0.1) is 30.1 Å². The van der Waals surface area contributed by atoms with Gasteiger partial charge in [-0.1, -0.05) is 52.7 Å². The van der Waals surface area contributed by atoms with E-state index in [9.17, 15) is 38.7 Å². The normalized spacial score (nSPS) is 16.9. The van der Waals surface area contributed by atoms with Gasteiger partial charge in [0.1, 0.15) is 22.5 Å². The Morgan fingerprint density at radius 2 is 1.76 bits per heavy atom. The highest BCUT2D eigenvalue weighted by atomic mass is 32.1. The number of unbranched alkanes of at least 4 members (excludes halogenated alkanes) is 1. The van der Waals surface area contributed by atoms with E-state index in [4.69, 9.17) is 21.7 Å². The molecule has 18 heteroatoms. The molecule has 7 atom stereocenters. The summed E-state index contributed by atoms with van der Waals surface area (Å²) in [5.74, 6) is -1.33. The average molecular weight is 952 g/mol. The second-order valence-corrected chi connectivity index (χ2v) is 19.6. The van der Waals surface area contributed by atoms with Crippen LogP contribution in [0, 0.1) is 29.6 Å². The number of terminal acetylenes is 1. The summed E-state index contributed by atoms with van der Waals surface area (Å²) in [4.78, 5) is 104. The lowest BCUT2D eigenvalue weighted by atomic mass is 9.84. The van der Waals surface area contributed by atoms with E-state index < -0.39 is 65.3 Å². The van der Waals surface area contributed by atoms with Crippen molar-refractivity contribution in [2.75, 3.05) is 25.5 Å². The number of amides is 4. The number of carboxylic acid groups (broad SMARTS) is 1. The Bertz CT molecular complexity index is 2030. The molecule has 1 aromatic carbocycles. The Kier molecular flexibility index (Phi) is 22.6. The molecule has 370 valence electrons. The van der Waals surface area contributed by atoms with Gasteiger partial charge in [-0.25, -0.2) is 10.0 Å². The molecule has 1 aliphatic rings. The Morgan fingerprint density at radius 3 is 2.34 bits per heavy atom. The summed E-state index contributed by atoms with van der Waals surface area (Å²) in [6.07, 6.45) is 9.29. The molecule has 67 heavy (non-hydrogen) atoms. The standard InChI is InChI=1S/C49H73N7O10S/c1-11-13-16-25-65-56(47(62)42(31(5)12-2)54-45(61)39-17-14-15-24-55(39)10)40(30(3)4)27-41(66-33(7)58)46-53-38(29-67-46)44(60)52-36(28-49(8,9)48(63)64)26-34-19-21-35(22-20-34)51-43(59)37(50)23-18-32(6)57/h1,19-22,29-31,36-37,39-42H,12-18,23-28,50H2,2-10H3,(H,51,59)(H,52,60)(H,54,61)(H,63,64)/t31-,36-,37-,39+,40+,41+,42-/m0/s1. The molecule has 0 spiro atoms. The zero-order valence-electron chi connectivity index (χ0n) is 40.7. The Morgan fingerprint density at radius 1 is 1.07 bits per heavy atom. The van der Waals surface area contributed by atoms with Crippen LogP contribution in [0.25, 0.3) is 0 Å². The number of carboxylic acids is 1. The number of carbonyl (C=O) groups excluding carboxylic acids is 6. The first kappa shape index (κ1) is 56.1. The lowest BCUT2D eigenvalue weighted by Gasteiger charge is -2.39. The zero-order valence-corrected chi connectivity index (χ0v) is 41.5. The number of rotatable bonds is 27. The number of benzene rings is 1. The molecular weight excluding hydrogens is 879 g/mol. The van der Waals surface area contributed by atoms with Crippen LogP contribution in [0.2, 0.25) is 0 Å². The van der Waals surface area contributed by atoms with Gasteiger partial charge in [-0.15, -0.1) is 23.7 Å². The highest BCUT2D eigenvalue weighted by molar-refractivity contribution is 7.09. The van der Waals surface area contributed by atoms with Crippen molar-refractivity contribution in [3.63, 3.8) is 0 Å². The summed E-state index contributed by atoms with van der Waals surface area (Å²) >= 11 is 1.10. The second-order valence-electron chi connectivity index (χ2n) is 18.7. The molecule has 4 amide bonds. The predicted octanol–water partition coefficient (Wildman–Crippen LogP) is 5.83. The number of esters is 1. The van der Waals surface area contributed by atoms with Crippen molar-refractivity contribution >= 4 is 58.4 Å². The minimum absolute atomic E-state index is 0.0150. The molecule has 0 bridgehead atoms. The molecule has 1 aliphatic heterocycles. The van der Waals surface area contributed by atoms with Crippen molar-refractivity contribution in [1.82, 2.24) is 25.6 Å². The SMILES string of the molecule is C#CCCCON(C(=O)[C@@H](NC(=O)[C@H]1CCCCN1C)[C@@H](C)CC)[C@H](C[C@@H](OC(C)=O)c1nc(C(=O)N[C@@H](Cc2ccc(NC(=O)[C@@H](N)CCC(C)=O)cc2)CC(C)(C)C(=O)O)cs1)C(C)C. The number of nitrogens with one attached hydrogen (secondary N) is 3. The number of aliphatic carboxylic acids is 1. The van der Waals surface area contributed by atoms with Crippen LogP contribution in [0.4, 0.5) is 5.69 Å². The van der Waals surface area contributed by atoms with E-state index in [2.05, 4.69) is 26.9 Å². The minimum atomic E-state index is -1.23. The number of piperidine rings is 1. The number of likely N-dealkylation sites (N-methyl/N-ethyl adjacent to an activating group) is 1. The summed E-state index contributed by atoms with van der Waals surface area (Å²) in [7, 11) is 1.91. The monoisotopic (exact) mass is 952 g/mol. The topological polar surface area (TPSA) is 240 Å². The number of Topliss-reactive ketones (excluding diaryl/α,β-unsaturated/α-hetero) is 1. The molecule has 17 nitrogen and oxygen atoms in total. The first-order chi connectivity index (χ1) is 31.6. The van der Waals surface area contributed by atoms with Crippen LogP contribution >= 0.6 is 11.3 Å². The van der Waals surface area contributed by atoms with Crippen LogP contribution < -0.4 is 21.7 Å². The molecule has 3 rings (SSSR count). The van der Waals surface area contributed by atoms with Crippen LogP contribution in [0.3, 0.4) is 0 Å². The third-order valence-corrected chi connectivity index (χ3v) is 13.1. The first-order valence-corrected chi connectivity index (χ1v) is 24.2. The fourth-order valence-electron chi connectivity index (χ4n) is 7.80. The van der Waals surface area contributed by atoms with E-state index in [0.29, 0.717) is 36.4 Å². The lowest BCUT2D eigenvalue weighted by molar-refractivity contribution is -0.213. The number of likely N-dealkylation sites (tertiary alicyclic amines) is 1. The highest BCUT2D eigenvalue weighted by Gasteiger charge is 2.40. The fourth-order valence-corrected chi connectivity index (χ4v) is 8.64. The van der Waals surface area contributed by atoms with Crippen molar-refractivity contribution in [3.8, 4) is 12.3 Å². The number of hydrogen-bond donors (Lipinski definition) is 5. The summed E-state index contributed by atoms with van der Waals surface area (Å²) in [6, 6.07) is 3.32. The van der Waals surface area contributed by atoms with Gasteiger partial charge in [-0.2, -0.15) is 0 Å². The highest BCUT2D eigenvalue weighted by Crippen LogP contribution is 2.32. The maximum Gasteiger partial charge on any atom is 0.309 e. The minimum Gasteiger partial charge on any atom is -0.481 e. The second kappa shape index (κ2) is 26.9. The van der Waals surface area contributed by atoms with E-state index in [-0.39, 0.29) is 74.0 Å². The van der Waals surface area contributed by atoms with Gasteiger partial charge in [0.25, 0.3) is 11.8 Å². The maximum atomic E-state index is 14.8. The largest absolute Gasteiger partial charge is 0.481 e. The van der Waals surface area contributed by atoms with Crippen molar-refractivity contribution in [2.24, 2.45) is 23.0 Å². The Balaban J connectivity index is 1.91. The fraction of sp³-hybridized carbons (Fsp3) is 0.633. The van der Waals surface area contributed by atoms with E-state index in [0.717, 1.165) is 36.3 Å². The number of ether oxygens (including phenoxy) is 1. The van der Waals surface area contributed by atoms with E-state index in [1.807, 2.05) is 39.6 Å². The van der Waals surface area contributed by atoms with Gasteiger partial charge in [0, 0.05) is 43.3 Å². The number of nitrogens with two attached hydrogens (primary N) is 1. The summed E-state index contributed by atoms with van der Waals surface area (Å²) < 4.78 is 5.86. The van der Waals surface area contributed by atoms with Gasteiger partial charge in [0.15, 0.2) is 6.10 Å². The van der Waals surface area contributed by atoms with Crippen LogP contribution in [0.5, 0.6) is 0 Å². The van der Waals surface area contributed by atoms with E-state index >= 15 is 0 Å². The van der Waals surface area contributed by atoms with Gasteiger partial charge in [-0.3, -0.25) is 38.5 Å². The maximum absolute atomic E-state index is 14.8. The van der Waals surface area contributed by atoms with Crippen LogP contribution in [-0.4, -0.2) is 112 Å². The van der Waals surface area contributed by atoms with Crippen LogP contribution in [0.15, 0.2) is 29.6 Å². The number of anilines is 1. The molecule has 2 aromatic rings. The van der Waals surface area contributed by atoms with E-state index in [1.54, 1.807) is 38.1 Å². The lowest BCUT2D eigenvalue weighted by Crippen LogP contribution is -2.58. The summed E-state index contributed by atoms with van der Waals surface area (Å²) in [5, 5.41) is 21.9. The predicted molar refractivity (Wildman–Crippen MR) is 256 cm³/mol. The summed E-state index contributed by atoms with van der Waals surface area (Å²) in [6.45, 7) is 14.4. The third-order valence-electron chi connectivity index (χ3n) is 12.1. The molecule has 1 saturated heterocycles. The van der Waals surface area contributed by atoms with E-state index in [1.165, 1.54) is 24.3 Å². The molecule has 0 radical (unpaired) electrons. The van der Waals surface area contributed by atoms with Crippen molar-refractivity contribution in [2.45, 2.75) is 162 Å². The first-order valence-electron chi connectivity index (χ1n) is 23.3. The zero-order chi connectivity index (χ0) is 50.0. The molecule has 0 aliphatic carbocycles. The molecule has 1 fully saturated rings. The summed E-state index contributed by atoms with van der Waals surface area (Å²) in [5.41, 5.74) is 5.96. The van der Waals surface area contributed by atoms with Crippen molar-refractivity contribution < 1.29 is 48.2 Å². The molecule has 0 saturated carbocycles. The van der Waals surface area contributed by atoms with Gasteiger partial charge in [0.2, 0.25) is 11.8 Å². The molecule has 1 aromatic heterocycles. The van der Waals surface area contributed by atoms with Crippen molar-refractivity contribution in [3.05, 3.63) is 45.9 Å². The number of hydrogen-bond acceptors (Lipinski definition) is 13. The average Bonchev–Trinajstić information content (AvgIpc) is 3.77. The van der Waals surface area contributed by atoms with Crippen molar-refractivity contribution in [1.29, 1.82) is 0 Å². The molecule has 0 unspecified atom stereocenters.